The number of rotatable bonds is 5. The summed E-state index contributed by atoms with van der Waals surface area (Å²) in [6.07, 6.45) is 2.85. The maximum Gasteiger partial charge on any atom is 0.257 e. The lowest BCUT2D eigenvalue weighted by molar-refractivity contribution is -0.136. The maximum absolute atomic E-state index is 13.2. The van der Waals surface area contributed by atoms with Gasteiger partial charge >= 0.3 is 0 Å². The van der Waals surface area contributed by atoms with Crippen molar-refractivity contribution in [1.29, 1.82) is 0 Å². The van der Waals surface area contributed by atoms with Crippen LogP contribution in [-0.4, -0.2) is 65.1 Å². The molecule has 1 atom stereocenters. The molecule has 0 radical (unpaired) electrons. The van der Waals surface area contributed by atoms with Crippen molar-refractivity contribution in [3.05, 3.63) is 44.8 Å². The van der Waals surface area contributed by atoms with E-state index in [4.69, 9.17) is 5.10 Å². The van der Waals surface area contributed by atoms with Gasteiger partial charge in [-0.25, -0.2) is 5.01 Å². The zero-order chi connectivity index (χ0) is 19.8. The van der Waals surface area contributed by atoms with E-state index >= 15 is 0 Å². The normalized spacial score (nSPS) is 22.8. The Labute approximate surface area is 178 Å². The summed E-state index contributed by atoms with van der Waals surface area (Å²) >= 11 is 3.34. The lowest BCUT2D eigenvalue weighted by atomic mass is 10.1. The fourth-order valence-electron chi connectivity index (χ4n) is 4.01. The van der Waals surface area contributed by atoms with Crippen LogP contribution in [0.1, 0.15) is 35.1 Å². The number of hydrogen-bond donors (Lipinski definition) is 0. The third kappa shape index (κ3) is 4.01. The molecule has 152 valence electrons. The number of amides is 2. The van der Waals surface area contributed by atoms with Gasteiger partial charge in [-0.05, 0) is 35.7 Å². The van der Waals surface area contributed by atoms with Crippen molar-refractivity contribution in [1.82, 2.24) is 14.8 Å². The molecule has 2 fully saturated rings. The van der Waals surface area contributed by atoms with Crippen LogP contribution in [-0.2, 0) is 9.59 Å². The van der Waals surface area contributed by atoms with E-state index in [1.807, 2.05) is 22.4 Å². The number of thiophene rings is 2. The number of carbonyl (C=O) groups excluding carboxylic acids is 2. The Morgan fingerprint density at radius 1 is 1.03 bits per heavy atom. The Morgan fingerprint density at radius 2 is 1.79 bits per heavy atom. The van der Waals surface area contributed by atoms with E-state index in [-0.39, 0.29) is 17.9 Å². The molecule has 5 rings (SSSR count). The molecule has 6 nitrogen and oxygen atoms in total. The van der Waals surface area contributed by atoms with Gasteiger partial charge in [-0.2, -0.15) is 5.10 Å². The number of piperazine rings is 1. The highest BCUT2D eigenvalue weighted by Gasteiger charge is 2.37. The number of hydrogen-bond acceptors (Lipinski definition) is 6. The van der Waals surface area contributed by atoms with Crippen molar-refractivity contribution < 1.29 is 9.59 Å². The van der Waals surface area contributed by atoms with E-state index in [0.29, 0.717) is 12.5 Å². The third-order valence-corrected chi connectivity index (χ3v) is 7.70. The Hall–Kier alpha value is -2.03. The SMILES string of the molecule is O=C(C1CC1)N1CCN(CC(=O)N2N=C(c3cccs3)C[C@@H]2c2cccs2)CC1. The highest BCUT2D eigenvalue weighted by molar-refractivity contribution is 7.12. The molecule has 3 aliphatic rings. The van der Waals surface area contributed by atoms with Crippen LogP contribution in [0.2, 0.25) is 0 Å². The second kappa shape index (κ2) is 8.01. The molecule has 8 heteroatoms. The van der Waals surface area contributed by atoms with Crippen LogP contribution in [0.3, 0.4) is 0 Å². The standard InChI is InChI=1S/C21H24N4O2S2/c26-20(14-23-7-9-24(10-8-23)21(27)15-5-6-15)25-17(19-4-2-12-29-19)13-16(22-25)18-3-1-11-28-18/h1-4,11-12,15,17H,5-10,13-14H2/t17-/m1/s1. The summed E-state index contributed by atoms with van der Waals surface area (Å²) < 4.78 is 0. The minimum Gasteiger partial charge on any atom is -0.340 e. The molecular formula is C21H24N4O2S2. The zero-order valence-electron chi connectivity index (χ0n) is 16.2. The molecule has 2 aromatic rings. The Morgan fingerprint density at radius 3 is 2.45 bits per heavy atom. The summed E-state index contributed by atoms with van der Waals surface area (Å²) in [5, 5.41) is 10.5. The minimum absolute atomic E-state index is 0.0164. The van der Waals surface area contributed by atoms with Gasteiger partial charge in [0.05, 0.1) is 23.2 Å². The Balaban J connectivity index is 1.25. The summed E-state index contributed by atoms with van der Waals surface area (Å²) in [6.45, 7) is 3.31. The zero-order valence-corrected chi connectivity index (χ0v) is 17.8. The fourth-order valence-corrected chi connectivity index (χ4v) is 5.55. The van der Waals surface area contributed by atoms with Gasteiger partial charge in [0.1, 0.15) is 0 Å². The molecule has 1 aliphatic carbocycles. The molecule has 2 aromatic heterocycles. The smallest absolute Gasteiger partial charge is 0.257 e. The molecule has 4 heterocycles. The monoisotopic (exact) mass is 428 g/mol. The van der Waals surface area contributed by atoms with Crippen LogP contribution in [0.25, 0.3) is 0 Å². The molecule has 0 N–H and O–H groups in total. The predicted molar refractivity (Wildman–Crippen MR) is 115 cm³/mol. The van der Waals surface area contributed by atoms with E-state index in [1.54, 1.807) is 27.7 Å². The molecule has 2 amide bonds. The van der Waals surface area contributed by atoms with Crippen LogP contribution in [0, 0.1) is 5.92 Å². The van der Waals surface area contributed by atoms with E-state index in [2.05, 4.69) is 22.4 Å². The minimum atomic E-state index is -0.0164. The van der Waals surface area contributed by atoms with Crippen LogP contribution in [0.5, 0.6) is 0 Å². The predicted octanol–water partition coefficient (Wildman–Crippen LogP) is 3.04. The van der Waals surface area contributed by atoms with Gasteiger partial charge in [0.25, 0.3) is 5.91 Å². The van der Waals surface area contributed by atoms with Gasteiger partial charge in [0.2, 0.25) is 5.91 Å². The van der Waals surface area contributed by atoms with Crippen molar-refractivity contribution in [2.24, 2.45) is 11.0 Å². The summed E-state index contributed by atoms with van der Waals surface area (Å²) in [5.41, 5.74) is 0.992. The average Bonchev–Trinajstić information content (AvgIpc) is 3.16. The first-order chi connectivity index (χ1) is 14.2. The average molecular weight is 429 g/mol. The second-order valence-corrected chi connectivity index (χ2v) is 9.80. The van der Waals surface area contributed by atoms with Gasteiger partial charge in [-0.3, -0.25) is 14.5 Å². The maximum atomic E-state index is 13.2. The van der Waals surface area contributed by atoms with Gasteiger partial charge in [0.15, 0.2) is 0 Å². The Kier molecular flexibility index (Phi) is 5.24. The fraction of sp³-hybridized carbons (Fsp3) is 0.476. The van der Waals surface area contributed by atoms with Crippen LogP contribution >= 0.6 is 22.7 Å². The summed E-state index contributed by atoms with van der Waals surface area (Å²) in [5.74, 6) is 0.611. The topological polar surface area (TPSA) is 56.2 Å². The molecule has 0 unspecified atom stereocenters. The van der Waals surface area contributed by atoms with Gasteiger partial charge in [-0.1, -0.05) is 12.1 Å². The highest BCUT2D eigenvalue weighted by Crippen LogP contribution is 2.36. The van der Waals surface area contributed by atoms with Crippen LogP contribution in [0.15, 0.2) is 40.1 Å². The number of hydrazone groups is 1. The van der Waals surface area contributed by atoms with Gasteiger partial charge < -0.3 is 4.90 Å². The van der Waals surface area contributed by atoms with Crippen molar-refractivity contribution in [3.63, 3.8) is 0 Å². The largest absolute Gasteiger partial charge is 0.340 e. The van der Waals surface area contributed by atoms with Crippen molar-refractivity contribution in [2.45, 2.75) is 25.3 Å². The second-order valence-electron chi connectivity index (χ2n) is 7.87. The first kappa shape index (κ1) is 19.0. The van der Waals surface area contributed by atoms with E-state index in [1.165, 1.54) is 4.88 Å². The molecule has 29 heavy (non-hydrogen) atoms. The molecule has 1 saturated heterocycles. The van der Waals surface area contributed by atoms with Gasteiger partial charge in [0, 0.05) is 43.4 Å². The molecule has 1 saturated carbocycles. The lowest BCUT2D eigenvalue weighted by Gasteiger charge is -2.35. The van der Waals surface area contributed by atoms with E-state index < -0.39 is 0 Å². The first-order valence-electron chi connectivity index (χ1n) is 10.2. The molecular weight excluding hydrogens is 404 g/mol. The number of carbonyl (C=O) groups is 2. The molecule has 2 aliphatic heterocycles. The summed E-state index contributed by atoms with van der Waals surface area (Å²) in [7, 11) is 0. The van der Waals surface area contributed by atoms with E-state index in [9.17, 15) is 9.59 Å². The quantitative estimate of drug-likeness (QED) is 0.736. The van der Waals surface area contributed by atoms with Crippen molar-refractivity contribution in [2.75, 3.05) is 32.7 Å². The summed E-state index contributed by atoms with van der Waals surface area (Å²) in [6, 6.07) is 8.19. The van der Waals surface area contributed by atoms with E-state index in [0.717, 1.165) is 56.0 Å². The summed E-state index contributed by atoms with van der Waals surface area (Å²) in [4.78, 5) is 31.8. The lowest BCUT2D eigenvalue weighted by Crippen LogP contribution is -2.51. The number of nitrogens with zero attached hydrogens (tertiary/aromatic N) is 4. The van der Waals surface area contributed by atoms with Crippen molar-refractivity contribution >= 4 is 40.2 Å². The van der Waals surface area contributed by atoms with Gasteiger partial charge in [-0.15, -0.1) is 22.7 Å². The highest BCUT2D eigenvalue weighted by atomic mass is 32.1. The van der Waals surface area contributed by atoms with Crippen molar-refractivity contribution in [3.8, 4) is 0 Å². The molecule has 0 spiro atoms. The van der Waals surface area contributed by atoms with Crippen LogP contribution < -0.4 is 0 Å². The Bertz CT molecular complexity index is 897. The first-order valence-corrected chi connectivity index (χ1v) is 11.9. The van der Waals surface area contributed by atoms with Crippen LogP contribution in [0.4, 0.5) is 0 Å². The molecule has 0 aromatic carbocycles. The third-order valence-electron chi connectivity index (χ3n) is 5.81. The molecule has 0 bridgehead atoms.